The molecule has 6 heteroatoms. The van der Waals surface area contributed by atoms with Crippen LogP contribution in [0.2, 0.25) is 0 Å². The van der Waals surface area contributed by atoms with Crippen molar-refractivity contribution in [1.29, 1.82) is 5.26 Å². The highest BCUT2D eigenvalue weighted by Crippen LogP contribution is 2.26. The van der Waals surface area contributed by atoms with Crippen molar-refractivity contribution >= 4 is 10.0 Å². The summed E-state index contributed by atoms with van der Waals surface area (Å²) in [6.07, 6.45) is 5.06. The maximum Gasteiger partial charge on any atom is 0.244 e. The van der Waals surface area contributed by atoms with Gasteiger partial charge in [-0.15, -0.1) is 0 Å². The zero-order valence-electron chi connectivity index (χ0n) is 12.6. The molecule has 118 valence electrons. The van der Waals surface area contributed by atoms with E-state index in [9.17, 15) is 8.42 Å². The highest BCUT2D eigenvalue weighted by molar-refractivity contribution is 7.89. The molecule has 1 aliphatic heterocycles. The predicted molar refractivity (Wildman–Crippen MR) is 83.7 cm³/mol. The Morgan fingerprint density at radius 3 is 2.32 bits per heavy atom. The van der Waals surface area contributed by atoms with E-state index >= 15 is 0 Å². The Bertz CT molecular complexity index is 667. The van der Waals surface area contributed by atoms with Crippen LogP contribution >= 0.6 is 0 Å². The number of piperazine rings is 1. The quantitative estimate of drug-likeness (QED) is 0.852. The molecule has 5 nitrogen and oxygen atoms in total. The number of rotatable bonds is 3. The summed E-state index contributed by atoms with van der Waals surface area (Å²) in [4.78, 5) is 2.56. The van der Waals surface area contributed by atoms with Gasteiger partial charge in [-0.05, 0) is 25.0 Å². The zero-order chi connectivity index (χ0) is 15.6. The molecule has 2 fully saturated rings. The fraction of sp³-hybridized carbons (Fsp3) is 0.562. The molecule has 0 aromatic heterocycles. The molecule has 0 bridgehead atoms. The first-order valence-corrected chi connectivity index (χ1v) is 9.30. The molecule has 2 aliphatic rings. The Hall–Kier alpha value is -1.42. The second-order valence-electron chi connectivity index (χ2n) is 5.99. The maximum atomic E-state index is 12.8. The second kappa shape index (κ2) is 6.37. The van der Waals surface area contributed by atoms with Gasteiger partial charge in [-0.1, -0.05) is 25.0 Å². The molecular formula is C16H21N3O2S. The third-order valence-electron chi connectivity index (χ3n) is 4.74. The average Bonchev–Trinajstić information content (AvgIpc) is 3.09. The summed E-state index contributed by atoms with van der Waals surface area (Å²) >= 11 is 0. The monoisotopic (exact) mass is 319 g/mol. The minimum Gasteiger partial charge on any atom is -0.298 e. The van der Waals surface area contributed by atoms with Crippen LogP contribution in [0.1, 0.15) is 31.2 Å². The van der Waals surface area contributed by atoms with E-state index < -0.39 is 10.0 Å². The van der Waals surface area contributed by atoms with Crippen molar-refractivity contribution in [3.8, 4) is 6.07 Å². The minimum absolute atomic E-state index is 0.131. The highest BCUT2D eigenvalue weighted by atomic mass is 32.2. The lowest BCUT2D eigenvalue weighted by molar-refractivity contribution is 0.139. The first-order valence-electron chi connectivity index (χ1n) is 7.86. The van der Waals surface area contributed by atoms with E-state index in [2.05, 4.69) is 4.90 Å². The largest absolute Gasteiger partial charge is 0.298 e. The van der Waals surface area contributed by atoms with Gasteiger partial charge in [0.2, 0.25) is 10.0 Å². The fourth-order valence-electron chi connectivity index (χ4n) is 3.50. The van der Waals surface area contributed by atoms with Crippen LogP contribution in [0.4, 0.5) is 0 Å². The summed E-state index contributed by atoms with van der Waals surface area (Å²) < 4.78 is 27.0. The van der Waals surface area contributed by atoms with E-state index in [0.29, 0.717) is 19.1 Å². The summed E-state index contributed by atoms with van der Waals surface area (Å²) in [5.74, 6) is 0. The molecule has 0 spiro atoms. The van der Waals surface area contributed by atoms with Crippen molar-refractivity contribution in [3.05, 3.63) is 29.8 Å². The van der Waals surface area contributed by atoms with Crippen molar-refractivity contribution in [1.82, 2.24) is 9.21 Å². The molecule has 1 aliphatic carbocycles. The molecule has 1 aromatic carbocycles. The summed E-state index contributed by atoms with van der Waals surface area (Å²) in [5.41, 5.74) is 0.223. The Kier molecular flexibility index (Phi) is 4.48. The molecule has 1 heterocycles. The van der Waals surface area contributed by atoms with E-state index in [1.165, 1.54) is 36.1 Å². The van der Waals surface area contributed by atoms with Gasteiger partial charge in [0.25, 0.3) is 0 Å². The maximum absolute atomic E-state index is 12.8. The second-order valence-corrected chi connectivity index (χ2v) is 7.89. The molecule has 1 saturated heterocycles. The van der Waals surface area contributed by atoms with Gasteiger partial charge in [0, 0.05) is 32.2 Å². The van der Waals surface area contributed by atoms with E-state index in [4.69, 9.17) is 5.26 Å². The summed E-state index contributed by atoms with van der Waals surface area (Å²) in [6, 6.07) is 9.05. The van der Waals surface area contributed by atoms with Crippen LogP contribution < -0.4 is 0 Å². The fourth-order valence-corrected chi connectivity index (χ4v) is 5.07. The van der Waals surface area contributed by atoms with E-state index in [1.54, 1.807) is 18.2 Å². The summed E-state index contributed by atoms with van der Waals surface area (Å²) in [5, 5.41) is 9.12. The molecule has 0 N–H and O–H groups in total. The van der Waals surface area contributed by atoms with Gasteiger partial charge in [0.15, 0.2) is 0 Å². The molecule has 3 rings (SSSR count). The Balaban J connectivity index is 1.73. The minimum atomic E-state index is -3.57. The predicted octanol–water partition coefficient (Wildman–Crippen LogP) is 1.81. The number of sulfonamides is 1. The topological polar surface area (TPSA) is 64.4 Å². The van der Waals surface area contributed by atoms with Crippen LogP contribution in [0.25, 0.3) is 0 Å². The molecule has 0 amide bonds. The van der Waals surface area contributed by atoms with Gasteiger partial charge < -0.3 is 0 Å². The molecular weight excluding hydrogens is 298 g/mol. The molecule has 1 saturated carbocycles. The van der Waals surface area contributed by atoms with Gasteiger partial charge >= 0.3 is 0 Å². The summed E-state index contributed by atoms with van der Waals surface area (Å²) in [7, 11) is -3.57. The third-order valence-corrected chi connectivity index (χ3v) is 6.70. The van der Waals surface area contributed by atoms with E-state index in [-0.39, 0.29) is 10.5 Å². The van der Waals surface area contributed by atoms with Crippen molar-refractivity contribution < 1.29 is 8.42 Å². The van der Waals surface area contributed by atoms with Crippen LogP contribution in [0.5, 0.6) is 0 Å². The molecule has 0 atom stereocenters. The van der Waals surface area contributed by atoms with Gasteiger partial charge in [-0.25, -0.2) is 8.42 Å². The van der Waals surface area contributed by atoms with Crippen molar-refractivity contribution in [2.45, 2.75) is 36.6 Å². The Morgan fingerprint density at radius 2 is 1.68 bits per heavy atom. The lowest BCUT2D eigenvalue weighted by Gasteiger charge is -2.37. The van der Waals surface area contributed by atoms with Crippen molar-refractivity contribution in [2.75, 3.05) is 26.2 Å². The number of hydrogen-bond donors (Lipinski definition) is 0. The number of nitriles is 1. The summed E-state index contributed by atoms with van der Waals surface area (Å²) in [6.45, 7) is 2.61. The Morgan fingerprint density at radius 1 is 1.05 bits per heavy atom. The first kappa shape index (κ1) is 15.5. The molecule has 22 heavy (non-hydrogen) atoms. The van der Waals surface area contributed by atoms with Crippen molar-refractivity contribution in [3.63, 3.8) is 0 Å². The third kappa shape index (κ3) is 2.89. The van der Waals surface area contributed by atoms with Gasteiger partial charge in [-0.3, -0.25) is 4.90 Å². The number of benzene rings is 1. The number of nitrogens with zero attached hydrogens (tertiary/aromatic N) is 3. The highest BCUT2D eigenvalue weighted by Gasteiger charge is 2.32. The van der Waals surface area contributed by atoms with Crippen LogP contribution in [0.15, 0.2) is 29.2 Å². The SMILES string of the molecule is N#Cc1ccccc1S(=O)(=O)N1CCN(C2CCCC2)CC1. The van der Waals surface area contributed by atoms with Gasteiger partial charge in [0.1, 0.15) is 6.07 Å². The standard InChI is InChI=1S/C16H21N3O2S/c17-13-14-5-1-4-8-16(14)22(20,21)19-11-9-18(10-12-19)15-6-2-3-7-15/h1,4-5,8,15H,2-3,6-7,9-12H2. The van der Waals surface area contributed by atoms with Crippen molar-refractivity contribution in [2.24, 2.45) is 0 Å². The van der Waals surface area contributed by atoms with Crippen LogP contribution in [0.3, 0.4) is 0 Å². The van der Waals surface area contributed by atoms with E-state index in [0.717, 1.165) is 13.1 Å². The van der Waals surface area contributed by atoms with Gasteiger partial charge in [0.05, 0.1) is 10.5 Å². The molecule has 0 radical (unpaired) electrons. The average molecular weight is 319 g/mol. The normalized spacial score (nSPS) is 21.8. The Labute approximate surface area is 132 Å². The first-order chi connectivity index (χ1) is 10.6. The van der Waals surface area contributed by atoms with Gasteiger partial charge in [-0.2, -0.15) is 9.57 Å². The van der Waals surface area contributed by atoms with E-state index in [1.807, 2.05) is 6.07 Å². The smallest absolute Gasteiger partial charge is 0.244 e. The van der Waals surface area contributed by atoms with Crippen LogP contribution in [0, 0.1) is 11.3 Å². The number of hydrogen-bond acceptors (Lipinski definition) is 4. The lowest BCUT2D eigenvalue weighted by atomic mass is 10.2. The molecule has 0 unspecified atom stereocenters. The molecule has 1 aromatic rings. The zero-order valence-corrected chi connectivity index (χ0v) is 13.4. The van der Waals surface area contributed by atoms with Crippen LogP contribution in [-0.4, -0.2) is 49.8 Å². The lowest BCUT2D eigenvalue weighted by Crippen LogP contribution is -2.51. The van der Waals surface area contributed by atoms with Crippen LogP contribution in [-0.2, 0) is 10.0 Å².